The van der Waals surface area contributed by atoms with E-state index in [2.05, 4.69) is 5.32 Å². The highest BCUT2D eigenvalue weighted by Crippen LogP contribution is 2.43. The van der Waals surface area contributed by atoms with Gasteiger partial charge in [-0.2, -0.15) is 5.10 Å². The lowest BCUT2D eigenvalue weighted by Crippen LogP contribution is -2.64. The lowest BCUT2D eigenvalue weighted by molar-refractivity contribution is -0.126. The van der Waals surface area contributed by atoms with Crippen molar-refractivity contribution in [2.45, 2.75) is 70.4 Å². The third kappa shape index (κ3) is 3.87. The van der Waals surface area contributed by atoms with Crippen LogP contribution >= 0.6 is 0 Å². The summed E-state index contributed by atoms with van der Waals surface area (Å²) in [5.41, 5.74) is 3.78. The van der Waals surface area contributed by atoms with E-state index in [1.807, 2.05) is 30.7 Å². The largest absolute Gasteiger partial charge is 0.349 e. The zero-order valence-electron chi connectivity index (χ0n) is 18.8. The SMILES string of the molecule is CC(C)n1nc(-c2cc(C3CC3)ccc2F)c2c1C[C@H](C(=O)NC1(C)CS(=O)(=O)C1)CC2. The van der Waals surface area contributed by atoms with Crippen molar-refractivity contribution in [1.82, 2.24) is 15.1 Å². The molecular weight excluding hydrogens is 429 g/mol. The van der Waals surface area contributed by atoms with E-state index < -0.39 is 15.4 Å². The molecule has 2 heterocycles. The van der Waals surface area contributed by atoms with Gasteiger partial charge in [0, 0.05) is 35.2 Å². The summed E-state index contributed by atoms with van der Waals surface area (Å²) >= 11 is 0. The number of fused-ring (bicyclic) bond motifs is 1. The number of benzene rings is 1. The van der Waals surface area contributed by atoms with Gasteiger partial charge in [0.25, 0.3) is 0 Å². The van der Waals surface area contributed by atoms with Crippen LogP contribution in [0.2, 0.25) is 0 Å². The predicted molar refractivity (Wildman–Crippen MR) is 121 cm³/mol. The van der Waals surface area contributed by atoms with Gasteiger partial charge in [-0.3, -0.25) is 9.48 Å². The number of rotatable bonds is 5. The van der Waals surface area contributed by atoms with Crippen LogP contribution in [-0.2, 0) is 27.5 Å². The molecular formula is C24H30FN3O3S. The number of hydrogen-bond donors (Lipinski definition) is 1. The topological polar surface area (TPSA) is 81.1 Å². The molecule has 1 saturated carbocycles. The summed E-state index contributed by atoms with van der Waals surface area (Å²) < 4.78 is 40.0. The van der Waals surface area contributed by atoms with Gasteiger partial charge >= 0.3 is 0 Å². The van der Waals surface area contributed by atoms with E-state index in [1.54, 1.807) is 13.0 Å². The zero-order valence-corrected chi connectivity index (χ0v) is 19.6. The van der Waals surface area contributed by atoms with Crippen LogP contribution in [0, 0.1) is 11.7 Å². The average molecular weight is 460 g/mol. The van der Waals surface area contributed by atoms with Gasteiger partial charge in [0.1, 0.15) is 5.82 Å². The Morgan fingerprint density at radius 2 is 1.97 bits per heavy atom. The third-order valence-corrected chi connectivity index (χ3v) is 9.11. The summed E-state index contributed by atoms with van der Waals surface area (Å²) in [6.45, 7) is 5.86. The summed E-state index contributed by atoms with van der Waals surface area (Å²) in [7, 11) is -3.03. The number of nitrogens with one attached hydrogen (secondary N) is 1. The van der Waals surface area contributed by atoms with Crippen LogP contribution in [0.25, 0.3) is 11.3 Å². The van der Waals surface area contributed by atoms with Crippen molar-refractivity contribution in [3.05, 3.63) is 40.8 Å². The first-order chi connectivity index (χ1) is 15.1. The zero-order chi connectivity index (χ0) is 22.8. The molecule has 0 radical (unpaired) electrons. The van der Waals surface area contributed by atoms with Gasteiger partial charge in [0.2, 0.25) is 5.91 Å². The average Bonchev–Trinajstić information content (AvgIpc) is 3.46. The molecule has 2 aromatic rings. The lowest BCUT2D eigenvalue weighted by atomic mass is 9.84. The molecule has 1 aromatic heterocycles. The smallest absolute Gasteiger partial charge is 0.223 e. The maximum atomic E-state index is 14.9. The van der Waals surface area contributed by atoms with E-state index in [1.165, 1.54) is 5.56 Å². The van der Waals surface area contributed by atoms with E-state index in [4.69, 9.17) is 5.10 Å². The van der Waals surface area contributed by atoms with E-state index in [0.29, 0.717) is 36.4 Å². The first-order valence-corrected chi connectivity index (χ1v) is 13.3. The van der Waals surface area contributed by atoms with E-state index in [-0.39, 0.29) is 35.2 Å². The fourth-order valence-corrected chi connectivity index (χ4v) is 7.30. The van der Waals surface area contributed by atoms with E-state index in [9.17, 15) is 17.6 Å². The van der Waals surface area contributed by atoms with Crippen LogP contribution in [0.1, 0.15) is 68.8 Å². The highest BCUT2D eigenvalue weighted by Gasteiger charge is 2.46. The summed E-state index contributed by atoms with van der Waals surface area (Å²) in [5.74, 6) is -0.0879. The summed E-state index contributed by atoms with van der Waals surface area (Å²) in [6.07, 6.45) is 4.13. The standard InChI is InChI=1S/C24H30FN3O3S/c1-14(2)28-21-11-17(23(29)26-24(3)12-32(30,31)13-24)6-8-18(21)22(27-28)19-10-16(15-4-5-15)7-9-20(19)25/h7,9-10,14-15,17H,4-6,8,11-13H2,1-3H3,(H,26,29)/t17-/m1/s1. The van der Waals surface area contributed by atoms with Crippen molar-refractivity contribution in [2.75, 3.05) is 11.5 Å². The molecule has 1 saturated heterocycles. The fraction of sp³-hybridized carbons (Fsp3) is 0.583. The van der Waals surface area contributed by atoms with Gasteiger partial charge < -0.3 is 5.32 Å². The van der Waals surface area contributed by atoms with Gasteiger partial charge in [-0.05, 0) is 70.1 Å². The Kier molecular flexibility index (Phi) is 5.00. The predicted octanol–water partition coefficient (Wildman–Crippen LogP) is 3.56. The Morgan fingerprint density at radius 3 is 2.59 bits per heavy atom. The highest BCUT2D eigenvalue weighted by atomic mass is 32.2. The van der Waals surface area contributed by atoms with Crippen LogP contribution in [0.15, 0.2) is 18.2 Å². The maximum Gasteiger partial charge on any atom is 0.223 e. The van der Waals surface area contributed by atoms with Crippen molar-refractivity contribution in [1.29, 1.82) is 0 Å². The lowest BCUT2D eigenvalue weighted by Gasteiger charge is -2.39. The minimum Gasteiger partial charge on any atom is -0.349 e. The molecule has 172 valence electrons. The van der Waals surface area contributed by atoms with E-state index >= 15 is 0 Å². The minimum atomic E-state index is -3.03. The number of hydrogen-bond acceptors (Lipinski definition) is 4. The second-order valence-electron chi connectivity index (χ2n) is 10.3. The van der Waals surface area contributed by atoms with Crippen LogP contribution in [0.4, 0.5) is 4.39 Å². The minimum absolute atomic E-state index is 0.00556. The van der Waals surface area contributed by atoms with Crippen LogP contribution in [-0.4, -0.2) is 41.2 Å². The molecule has 0 bridgehead atoms. The normalized spacial score (nSPS) is 23.5. The Hall–Kier alpha value is -2.22. The quantitative estimate of drug-likeness (QED) is 0.741. The Bertz CT molecular complexity index is 1190. The molecule has 1 amide bonds. The molecule has 8 heteroatoms. The second kappa shape index (κ2) is 7.40. The molecule has 1 aliphatic heterocycles. The molecule has 1 N–H and O–H groups in total. The number of nitrogens with zero attached hydrogens (tertiary/aromatic N) is 2. The molecule has 0 unspecified atom stereocenters. The number of sulfone groups is 1. The molecule has 1 atom stereocenters. The number of carbonyl (C=O) groups excluding carboxylic acids is 1. The van der Waals surface area contributed by atoms with Crippen molar-refractivity contribution < 1.29 is 17.6 Å². The number of aromatic nitrogens is 2. The molecule has 5 rings (SSSR count). The Balaban J connectivity index is 1.44. The van der Waals surface area contributed by atoms with Crippen LogP contribution in [0.5, 0.6) is 0 Å². The van der Waals surface area contributed by atoms with Crippen molar-refractivity contribution in [2.24, 2.45) is 5.92 Å². The number of halogens is 1. The van der Waals surface area contributed by atoms with E-state index in [0.717, 1.165) is 24.1 Å². The molecule has 1 aromatic carbocycles. The van der Waals surface area contributed by atoms with Crippen molar-refractivity contribution in [3.63, 3.8) is 0 Å². The molecule has 3 aliphatic rings. The Morgan fingerprint density at radius 1 is 1.25 bits per heavy atom. The van der Waals surface area contributed by atoms with Crippen LogP contribution in [0.3, 0.4) is 0 Å². The summed E-state index contributed by atoms with van der Waals surface area (Å²) in [4.78, 5) is 13.0. The van der Waals surface area contributed by atoms with Gasteiger partial charge in [-0.15, -0.1) is 0 Å². The van der Waals surface area contributed by atoms with Gasteiger partial charge in [-0.1, -0.05) is 6.07 Å². The second-order valence-corrected chi connectivity index (χ2v) is 12.4. The summed E-state index contributed by atoms with van der Waals surface area (Å²) in [5, 5.41) is 7.79. The molecule has 32 heavy (non-hydrogen) atoms. The highest BCUT2D eigenvalue weighted by molar-refractivity contribution is 7.93. The molecule has 2 fully saturated rings. The number of amides is 1. The van der Waals surface area contributed by atoms with Crippen molar-refractivity contribution in [3.8, 4) is 11.3 Å². The first-order valence-electron chi connectivity index (χ1n) is 11.5. The van der Waals surface area contributed by atoms with Gasteiger partial charge in [0.05, 0.1) is 22.7 Å². The first kappa shape index (κ1) is 21.6. The van der Waals surface area contributed by atoms with Crippen LogP contribution < -0.4 is 5.32 Å². The van der Waals surface area contributed by atoms with Crippen molar-refractivity contribution >= 4 is 15.7 Å². The third-order valence-electron chi connectivity index (χ3n) is 6.96. The molecule has 2 aliphatic carbocycles. The summed E-state index contributed by atoms with van der Waals surface area (Å²) in [6, 6.07) is 5.47. The maximum absolute atomic E-state index is 14.9. The fourth-order valence-electron chi connectivity index (χ4n) is 5.30. The van der Waals surface area contributed by atoms with Gasteiger partial charge in [-0.25, -0.2) is 12.8 Å². The van der Waals surface area contributed by atoms with Gasteiger partial charge in [0.15, 0.2) is 9.84 Å². The Labute approximate surface area is 188 Å². The monoisotopic (exact) mass is 459 g/mol. The molecule has 0 spiro atoms. The number of carbonyl (C=O) groups is 1. The molecule has 6 nitrogen and oxygen atoms in total.